The molecule has 0 saturated carbocycles. The first kappa shape index (κ1) is 20.3. The molecule has 0 aliphatic carbocycles. The Morgan fingerprint density at radius 2 is 1.77 bits per heavy atom. The van der Waals surface area contributed by atoms with Crippen LogP contribution in [0.1, 0.15) is 32.3 Å². The standard InChI is InChI=1S/C23H21ClN2O4/c1-14(2)12-19-22(29)30-23(25-19,15-6-4-3-5-7-15)18-13-20(27)26(21(18)28)17-10-8-16(24)9-11-17/h3-11,14,18H,12-13H2,1-2H3. The van der Waals surface area contributed by atoms with Gasteiger partial charge in [0.1, 0.15) is 11.6 Å². The number of imide groups is 1. The molecule has 2 atom stereocenters. The molecule has 2 aromatic carbocycles. The van der Waals surface area contributed by atoms with Gasteiger partial charge in [-0.15, -0.1) is 0 Å². The van der Waals surface area contributed by atoms with E-state index in [4.69, 9.17) is 16.3 Å². The van der Waals surface area contributed by atoms with E-state index in [0.717, 1.165) is 4.90 Å². The molecule has 1 saturated heterocycles. The van der Waals surface area contributed by atoms with Crippen LogP contribution in [-0.4, -0.2) is 23.5 Å². The Morgan fingerprint density at radius 1 is 1.10 bits per heavy atom. The highest BCUT2D eigenvalue weighted by molar-refractivity contribution is 6.38. The highest BCUT2D eigenvalue weighted by atomic mass is 35.5. The first-order valence-corrected chi connectivity index (χ1v) is 10.2. The molecular formula is C23H21ClN2O4. The van der Waals surface area contributed by atoms with E-state index >= 15 is 0 Å². The summed E-state index contributed by atoms with van der Waals surface area (Å²) in [5, 5.41) is 0.503. The Balaban J connectivity index is 1.78. The summed E-state index contributed by atoms with van der Waals surface area (Å²) >= 11 is 5.94. The number of ether oxygens (including phenoxy) is 1. The molecule has 4 rings (SSSR count). The van der Waals surface area contributed by atoms with Crippen molar-refractivity contribution < 1.29 is 19.1 Å². The van der Waals surface area contributed by atoms with Crippen molar-refractivity contribution in [3.63, 3.8) is 0 Å². The van der Waals surface area contributed by atoms with E-state index in [1.807, 2.05) is 19.9 Å². The molecule has 2 aliphatic rings. The summed E-state index contributed by atoms with van der Waals surface area (Å²) < 4.78 is 5.79. The van der Waals surface area contributed by atoms with E-state index < -0.39 is 23.5 Å². The van der Waals surface area contributed by atoms with Crippen LogP contribution in [0.4, 0.5) is 5.69 Å². The summed E-state index contributed by atoms with van der Waals surface area (Å²) in [6, 6.07) is 15.4. The molecule has 7 heteroatoms. The second-order valence-corrected chi connectivity index (χ2v) is 8.35. The zero-order valence-corrected chi connectivity index (χ0v) is 17.4. The number of aliphatic imine (C=N–C) groups is 1. The number of amides is 2. The van der Waals surface area contributed by atoms with Crippen LogP contribution in [0.3, 0.4) is 0 Å². The summed E-state index contributed by atoms with van der Waals surface area (Å²) in [5.41, 5.74) is -0.257. The summed E-state index contributed by atoms with van der Waals surface area (Å²) in [6.45, 7) is 3.95. The molecule has 2 amide bonds. The predicted octanol–water partition coefficient (Wildman–Crippen LogP) is 4.12. The average molecular weight is 425 g/mol. The Hall–Kier alpha value is -2.99. The lowest BCUT2D eigenvalue weighted by Crippen LogP contribution is -2.40. The molecule has 154 valence electrons. The minimum absolute atomic E-state index is 0.109. The van der Waals surface area contributed by atoms with Gasteiger partial charge in [-0.05, 0) is 36.6 Å². The van der Waals surface area contributed by atoms with Gasteiger partial charge in [-0.1, -0.05) is 55.8 Å². The summed E-state index contributed by atoms with van der Waals surface area (Å²) in [4.78, 5) is 44.7. The van der Waals surface area contributed by atoms with Crippen molar-refractivity contribution in [3.8, 4) is 0 Å². The van der Waals surface area contributed by atoms with E-state index in [1.165, 1.54) is 0 Å². The molecule has 0 bridgehead atoms. The number of cyclic esters (lactones) is 1. The highest BCUT2D eigenvalue weighted by Crippen LogP contribution is 2.46. The molecule has 2 heterocycles. The van der Waals surface area contributed by atoms with Gasteiger partial charge < -0.3 is 4.74 Å². The maximum absolute atomic E-state index is 13.4. The number of esters is 1. The number of anilines is 1. The lowest BCUT2D eigenvalue weighted by molar-refractivity contribution is -0.156. The molecule has 0 N–H and O–H groups in total. The van der Waals surface area contributed by atoms with Crippen molar-refractivity contribution in [2.45, 2.75) is 32.4 Å². The van der Waals surface area contributed by atoms with E-state index in [-0.39, 0.29) is 18.2 Å². The highest BCUT2D eigenvalue weighted by Gasteiger charge is 2.58. The van der Waals surface area contributed by atoms with Crippen LogP contribution in [0.15, 0.2) is 59.6 Å². The average Bonchev–Trinajstić information content (AvgIpc) is 3.20. The minimum atomic E-state index is -1.55. The monoisotopic (exact) mass is 424 g/mol. The molecule has 0 radical (unpaired) electrons. The van der Waals surface area contributed by atoms with Gasteiger partial charge in [-0.25, -0.2) is 9.79 Å². The minimum Gasteiger partial charge on any atom is -0.427 e. The maximum atomic E-state index is 13.4. The van der Waals surface area contributed by atoms with Gasteiger partial charge in [0.25, 0.3) is 0 Å². The first-order chi connectivity index (χ1) is 14.3. The molecule has 0 spiro atoms. The van der Waals surface area contributed by atoms with Crippen molar-refractivity contribution >= 4 is 40.8 Å². The molecule has 30 heavy (non-hydrogen) atoms. The van der Waals surface area contributed by atoms with Crippen molar-refractivity contribution in [3.05, 3.63) is 65.2 Å². The predicted molar refractivity (Wildman–Crippen MR) is 113 cm³/mol. The van der Waals surface area contributed by atoms with Crippen LogP contribution in [0.25, 0.3) is 0 Å². The van der Waals surface area contributed by atoms with Gasteiger partial charge in [-0.3, -0.25) is 14.5 Å². The topological polar surface area (TPSA) is 76.0 Å². The van der Waals surface area contributed by atoms with Crippen LogP contribution in [0, 0.1) is 11.8 Å². The first-order valence-electron chi connectivity index (χ1n) is 9.82. The van der Waals surface area contributed by atoms with Gasteiger partial charge in [0.2, 0.25) is 17.5 Å². The molecule has 2 unspecified atom stereocenters. The Kier molecular flexibility index (Phi) is 5.20. The second kappa shape index (κ2) is 7.69. The summed E-state index contributed by atoms with van der Waals surface area (Å²) in [5.74, 6) is -2.12. The van der Waals surface area contributed by atoms with Gasteiger partial charge in [0.15, 0.2) is 0 Å². The number of carbonyl (C=O) groups is 3. The zero-order chi connectivity index (χ0) is 21.5. The molecule has 0 aromatic heterocycles. The number of carbonyl (C=O) groups excluding carboxylic acids is 3. The van der Waals surface area contributed by atoms with Crippen molar-refractivity contribution in [1.29, 1.82) is 0 Å². The number of hydrogen-bond acceptors (Lipinski definition) is 5. The van der Waals surface area contributed by atoms with Gasteiger partial charge in [0.05, 0.1) is 5.69 Å². The normalized spacial score (nSPS) is 23.9. The van der Waals surface area contributed by atoms with Crippen molar-refractivity contribution in [2.24, 2.45) is 16.8 Å². The Morgan fingerprint density at radius 3 is 2.40 bits per heavy atom. The van der Waals surface area contributed by atoms with E-state index in [9.17, 15) is 14.4 Å². The number of hydrogen-bond donors (Lipinski definition) is 0. The smallest absolute Gasteiger partial charge is 0.354 e. The number of nitrogens with zero attached hydrogens (tertiary/aromatic N) is 2. The van der Waals surface area contributed by atoms with Gasteiger partial charge >= 0.3 is 5.97 Å². The number of benzene rings is 2. The summed E-state index contributed by atoms with van der Waals surface area (Å²) in [7, 11) is 0. The molecule has 6 nitrogen and oxygen atoms in total. The third-order valence-corrected chi connectivity index (χ3v) is 5.53. The lowest BCUT2D eigenvalue weighted by atomic mass is 9.87. The molecule has 2 aliphatic heterocycles. The maximum Gasteiger partial charge on any atom is 0.354 e. The van der Waals surface area contributed by atoms with Crippen molar-refractivity contribution in [1.82, 2.24) is 0 Å². The molecule has 1 fully saturated rings. The molecule has 2 aromatic rings. The Labute approximate surface area is 179 Å². The number of rotatable bonds is 5. The van der Waals surface area contributed by atoms with Crippen LogP contribution < -0.4 is 4.90 Å². The Bertz CT molecular complexity index is 1030. The zero-order valence-electron chi connectivity index (χ0n) is 16.7. The fourth-order valence-corrected chi connectivity index (χ4v) is 4.06. The SMILES string of the molecule is CC(C)CC1=NC(c2ccccc2)(C2CC(=O)N(c3ccc(Cl)cc3)C2=O)OC1=O. The lowest BCUT2D eigenvalue weighted by Gasteiger charge is -2.30. The summed E-state index contributed by atoms with van der Waals surface area (Å²) in [6.07, 6.45) is 0.325. The number of halogens is 1. The second-order valence-electron chi connectivity index (χ2n) is 7.91. The van der Waals surface area contributed by atoms with E-state index in [2.05, 4.69) is 4.99 Å². The largest absolute Gasteiger partial charge is 0.427 e. The fraction of sp³-hybridized carbons (Fsp3) is 0.304. The molecular weight excluding hydrogens is 404 g/mol. The van der Waals surface area contributed by atoms with Crippen LogP contribution in [-0.2, 0) is 24.8 Å². The third kappa shape index (κ3) is 3.41. The fourth-order valence-electron chi connectivity index (χ4n) is 3.93. The van der Waals surface area contributed by atoms with Crippen LogP contribution >= 0.6 is 11.6 Å². The van der Waals surface area contributed by atoms with Crippen molar-refractivity contribution in [2.75, 3.05) is 4.90 Å². The van der Waals surface area contributed by atoms with Crippen LogP contribution in [0.5, 0.6) is 0 Å². The van der Waals surface area contributed by atoms with Crippen LogP contribution in [0.2, 0.25) is 5.02 Å². The third-order valence-electron chi connectivity index (χ3n) is 5.28. The van der Waals surface area contributed by atoms with E-state index in [1.54, 1.807) is 48.5 Å². The quantitative estimate of drug-likeness (QED) is 0.534. The van der Waals surface area contributed by atoms with Gasteiger partial charge in [0, 0.05) is 17.0 Å². The van der Waals surface area contributed by atoms with E-state index in [0.29, 0.717) is 28.4 Å². The van der Waals surface area contributed by atoms with Gasteiger partial charge in [-0.2, -0.15) is 0 Å².